The number of carboxylic acid groups (broad SMARTS) is 1. The van der Waals surface area contributed by atoms with Crippen LogP contribution in [0.5, 0.6) is 0 Å². The molecule has 0 fully saturated rings. The smallest absolute Gasteiger partial charge is 0.323 e. The van der Waals surface area contributed by atoms with Gasteiger partial charge in [-0.3, -0.25) is 15.1 Å². The molecule has 0 saturated heterocycles. The van der Waals surface area contributed by atoms with Crippen molar-refractivity contribution in [3.8, 4) is 0 Å². The highest BCUT2D eigenvalue weighted by Gasteiger charge is 2.33. The molecule has 0 saturated carbocycles. The molecule has 0 aliphatic carbocycles. The number of nitrogens with one attached hydrogen (secondary N) is 1. The van der Waals surface area contributed by atoms with Gasteiger partial charge in [-0.25, -0.2) is 0 Å². The molecular weight excluding hydrogens is 204 g/mol. The zero-order chi connectivity index (χ0) is 12.0. The van der Waals surface area contributed by atoms with Gasteiger partial charge in [0.1, 0.15) is 5.54 Å². The van der Waals surface area contributed by atoms with Crippen LogP contribution in [0.2, 0.25) is 0 Å². The third kappa shape index (κ3) is 2.79. The molecule has 1 heterocycles. The van der Waals surface area contributed by atoms with Crippen molar-refractivity contribution < 1.29 is 9.90 Å². The quantitative estimate of drug-likeness (QED) is 0.770. The van der Waals surface area contributed by atoms with Crippen LogP contribution in [0.1, 0.15) is 32.3 Å². The predicted molar refractivity (Wildman–Crippen MR) is 62.0 cm³/mol. The lowest BCUT2D eigenvalue weighted by Crippen LogP contribution is -2.50. The van der Waals surface area contributed by atoms with Gasteiger partial charge in [-0.2, -0.15) is 0 Å². The summed E-state index contributed by atoms with van der Waals surface area (Å²) in [7, 11) is 0. The number of aliphatic carboxylic acids is 1. The highest BCUT2D eigenvalue weighted by molar-refractivity contribution is 5.78. The third-order valence-corrected chi connectivity index (χ3v) is 2.97. The zero-order valence-corrected chi connectivity index (χ0v) is 9.73. The number of hydrogen-bond donors (Lipinski definition) is 2. The van der Waals surface area contributed by atoms with Crippen molar-refractivity contribution in [3.05, 3.63) is 30.1 Å². The van der Waals surface area contributed by atoms with Crippen LogP contribution in [0.4, 0.5) is 0 Å². The van der Waals surface area contributed by atoms with Crippen LogP contribution in [0.15, 0.2) is 24.5 Å². The average molecular weight is 222 g/mol. The predicted octanol–water partition coefficient (Wildman–Crippen LogP) is 1.81. The Bertz CT molecular complexity index is 334. The molecule has 2 N–H and O–H groups in total. The number of rotatable bonds is 6. The lowest BCUT2D eigenvalue weighted by Gasteiger charge is -2.28. The summed E-state index contributed by atoms with van der Waals surface area (Å²) in [6.07, 6.45) is 4.58. The third-order valence-electron chi connectivity index (χ3n) is 2.97. The number of carboxylic acids is 1. The Kier molecular flexibility index (Phi) is 4.43. The Morgan fingerprint density at radius 3 is 2.62 bits per heavy atom. The Balaban J connectivity index is 2.67. The molecule has 0 bridgehead atoms. The van der Waals surface area contributed by atoms with E-state index in [2.05, 4.69) is 10.3 Å². The van der Waals surface area contributed by atoms with Crippen molar-refractivity contribution in [3.63, 3.8) is 0 Å². The van der Waals surface area contributed by atoms with Crippen LogP contribution in [0.3, 0.4) is 0 Å². The van der Waals surface area contributed by atoms with Crippen LogP contribution < -0.4 is 5.32 Å². The molecule has 88 valence electrons. The molecule has 4 nitrogen and oxygen atoms in total. The van der Waals surface area contributed by atoms with Crippen LogP contribution in [0, 0.1) is 0 Å². The Morgan fingerprint density at radius 1 is 1.50 bits per heavy atom. The molecule has 1 aromatic heterocycles. The molecule has 1 rings (SSSR count). The Morgan fingerprint density at radius 2 is 2.19 bits per heavy atom. The molecule has 0 radical (unpaired) electrons. The van der Waals surface area contributed by atoms with Gasteiger partial charge in [-0.15, -0.1) is 0 Å². The van der Waals surface area contributed by atoms with E-state index in [0.29, 0.717) is 19.4 Å². The number of nitrogens with zero attached hydrogens (tertiary/aromatic N) is 1. The Hall–Kier alpha value is -1.42. The maximum Gasteiger partial charge on any atom is 0.323 e. The van der Waals surface area contributed by atoms with Gasteiger partial charge in [0, 0.05) is 18.9 Å². The van der Waals surface area contributed by atoms with E-state index < -0.39 is 11.5 Å². The average Bonchev–Trinajstić information content (AvgIpc) is 2.32. The summed E-state index contributed by atoms with van der Waals surface area (Å²) in [5, 5.41) is 12.3. The number of carbonyl (C=O) groups is 1. The number of aromatic nitrogens is 1. The normalized spacial score (nSPS) is 11.4. The first-order valence-electron chi connectivity index (χ1n) is 5.52. The van der Waals surface area contributed by atoms with Crippen LogP contribution in [0.25, 0.3) is 0 Å². The van der Waals surface area contributed by atoms with Gasteiger partial charge in [0.15, 0.2) is 0 Å². The van der Waals surface area contributed by atoms with Crippen LogP contribution >= 0.6 is 0 Å². The summed E-state index contributed by atoms with van der Waals surface area (Å²) in [4.78, 5) is 15.2. The van der Waals surface area contributed by atoms with Gasteiger partial charge in [0.05, 0.1) is 0 Å². The van der Waals surface area contributed by atoms with Gasteiger partial charge in [0.25, 0.3) is 0 Å². The maximum absolute atomic E-state index is 11.2. The SMILES string of the molecule is CCC(CC)(NCc1cccnc1)C(=O)O. The molecular formula is C12H18N2O2. The summed E-state index contributed by atoms with van der Waals surface area (Å²) in [5.41, 5.74) is 0.172. The fraction of sp³-hybridized carbons (Fsp3) is 0.500. The maximum atomic E-state index is 11.2. The summed E-state index contributed by atoms with van der Waals surface area (Å²) >= 11 is 0. The molecule has 0 unspecified atom stereocenters. The van der Waals surface area contributed by atoms with Crippen LogP contribution in [-0.2, 0) is 11.3 Å². The second-order valence-electron chi connectivity index (χ2n) is 3.81. The standard InChI is InChI=1S/C12H18N2O2/c1-3-12(4-2,11(15)16)14-9-10-6-5-7-13-8-10/h5-8,14H,3-4,9H2,1-2H3,(H,15,16). The van der Waals surface area contributed by atoms with Crippen LogP contribution in [-0.4, -0.2) is 21.6 Å². The molecule has 16 heavy (non-hydrogen) atoms. The van der Waals surface area contributed by atoms with E-state index in [1.54, 1.807) is 12.4 Å². The van der Waals surface area contributed by atoms with Gasteiger partial charge >= 0.3 is 5.97 Å². The molecule has 0 amide bonds. The summed E-state index contributed by atoms with van der Waals surface area (Å²) in [5.74, 6) is -0.790. The highest BCUT2D eigenvalue weighted by atomic mass is 16.4. The van der Waals surface area contributed by atoms with E-state index >= 15 is 0 Å². The molecule has 0 spiro atoms. The summed E-state index contributed by atoms with van der Waals surface area (Å²) in [6.45, 7) is 4.30. The van der Waals surface area contributed by atoms with Gasteiger partial charge in [0.2, 0.25) is 0 Å². The monoisotopic (exact) mass is 222 g/mol. The first-order chi connectivity index (χ1) is 7.64. The van der Waals surface area contributed by atoms with Gasteiger partial charge < -0.3 is 5.11 Å². The molecule has 0 atom stereocenters. The van der Waals surface area contributed by atoms with E-state index in [4.69, 9.17) is 0 Å². The number of hydrogen-bond acceptors (Lipinski definition) is 3. The zero-order valence-electron chi connectivity index (χ0n) is 9.73. The topological polar surface area (TPSA) is 62.2 Å². The van der Waals surface area contributed by atoms with Crippen molar-refractivity contribution >= 4 is 5.97 Å². The van der Waals surface area contributed by atoms with E-state index in [-0.39, 0.29) is 0 Å². The van der Waals surface area contributed by atoms with Crippen molar-refractivity contribution in [1.82, 2.24) is 10.3 Å². The minimum atomic E-state index is -0.824. The summed E-state index contributed by atoms with van der Waals surface area (Å²) < 4.78 is 0. The van der Waals surface area contributed by atoms with E-state index in [9.17, 15) is 9.90 Å². The number of pyridine rings is 1. The van der Waals surface area contributed by atoms with E-state index in [1.807, 2.05) is 26.0 Å². The minimum Gasteiger partial charge on any atom is -0.480 e. The molecule has 0 aromatic carbocycles. The largest absolute Gasteiger partial charge is 0.480 e. The van der Waals surface area contributed by atoms with Gasteiger partial charge in [-0.05, 0) is 24.5 Å². The van der Waals surface area contributed by atoms with Gasteiger partial charge in [-0.1, -0.05) is 19.9 Å². The van der Waals surface area contributed by atoms with Crippen molar-refractivity contribution in [2.45, 2.75) is 38.8 Å². The van der Waals surface area contributed by atoms with E-state index in [1.165, 1.54) is 0 Å². The van der Waals surface area contributed by atoms with Crippen molar-refractivity contribution in [2.75, 3.05) is 0 Å². The van der Waals surface area contributed by atoms with Crippen molar-refractivity contribution in [2.24, 2.45) is 0 Å². The lowest BCUT2D eigenvalue weighted by atomic mass is 9.93. The van der Waals surface area contributed by atoms with E-state index in [0.717, 1.165) is 5.56 Å². The lowest BCUT2D eigenvalue weighted by molar-refractivity contribution is -0.145. The van der Waals surface area contributed by atoms with Crippen molar-refractivity contribution in [1.29, 1.82) is 0 Å². The highest BCUT2D eigenvalue weighted by Crippen LogP contribution is 2.16. The first kappa shape index (κ1) is 12.6. The fourth-order valence-corrected chi connectivity index (χ4v) is 1.65. The molecule has 0 aliphatic rings. The Labute approximate surface area is 95.7 Å². The fourth-order valence-electron chi connectivity index (χ4n) is 1.65. The summed E-state index contributed by atoms with van der Waals surface area (Å²) in [6, 6.07) is 3.77. The second kappa shape index (κ2) is 5.61. The molecule has 0 aliphatic heterocycles. The minimum absolute atomic E-state index is 0.530. The molecule has 4 heteroatoms. The molecule has 1 aromatic rings. The first-order valence-corrected chi connectivity index (χ1v) is 5.52. The second-order valence-corrected chi connectivity index (χ2v) is 3.81.